The molecule has 0 aliphatic rings. The average Bonchev–Trinajstić information content (AvgIpc) is 2.85. The van der Waals surface area contributed by atoms with Crippen molar-refractivity contribution in [3.63, 3.8) is 0 Å². The molecule has 1 aromatic carbocycles. The van der Waals surface area contributed by atoms with Crippen LogP contribution in [0.2, 0.25) is 0 Å². The van der Waals surface area contributed by atoms with E-state index < -0.39 is 34.8 Å². The van der Waals surface area contributed by atoms with E-state index in [0.717, 1.165) is 6.07 Å². The molecule has 2 aromatic rings. The maximum atomic E-state index is 11.6. The number of aliphatic carboxylic acids is 1. The van der Waals surface area contributed by atoms with Crippen molar-refractivity contribution in [2.45, 2.75) is 6.54 Å². The number of ether oxygens (including phenoxy) is 2. The lowest BCUT2D eigenvalue weighted by Gasteiger charge is -2.08. The van der Waals surface area contributed by atoms with Crippen LogP contribution in [0.1, 0.15) is 0 Å². The molecule has 11 heteroatoms. The fraction of sp³-hybridized carbons (Fsp3) is 0.250. The van der Waals surface area contributed by atoms with E-state index in [1.807, 2.05) is 0 Å². The first-order chi connectivity index (χ1) is 10.9. The fourth-order valence-corrected chi connectivity index (χ4v) is 1.83. The summed E-state index contributed by atoms with van der Waals surface area (Å²) in [7, 11) is 2.63. The van der Waals surface area contributed by atoms with Crippen LogP contribution >= 0.6 is 0 Å². The van der Waals surface area contributed by atoms with E-state index in [1.165, 1.54) is 20.3 Å². The molecule has 0 aliphatic heterocycles. The minimum atomic E-state index is -1.31. The van der Waals surface area contributed by atoms with Crippen LogP contribution in [-0.4, -0.2) is 40.0 Å². The molecule has 0 fully saturated rings. The Kier molecular flexibility index (Phi) is 4.30. The van der Waals surface area contributed by atoms with Crippen LogP contribution in [0, 0.1) is 10.1 Å². The van der Waals surface area contributed by atoms with Gasteiger partial charge in [-0.2, -0.15) is 4.68 Å². The number of nitro benzene ring substituents is 1. The SMILES string of the molecule is COc1cc(-c2nn(CC(=O)O)c(=O)o2)c([N+](=O)[O-])cc1OC. The van der Waals surface area contributed by atoms with Crippen molar-refractivity contribution < 1.29 is 28.7 Å². The number of carboxylic acid groups (broad SMARTS) is 1. The Balaban J connectivity index is 2.64. The number of hydrogen-bond donors (Lipinski definition) is 1. The molecule has 0 saturated heterocycles. The first-order valence-electron chi connectivity index (χ1n) is 6.08. The molecule has 1 heterocycles. The maximum Gasteiger partial charge on any atom is 0.437 e. The van der Waals surface area contributed by atoms with Crippen LogP contribution < -0.4 is 15.2 Å². The molecule has 0 atom stereocenters. The van der Waals surface area contributed by atoms with Gasteiger partial charge < -0.3 is 19.0 Å². The highest BCUT2D eigenvalue weighted by molar-refractivity contribution is 5.72. The van der Waals surface area contributed by atoms with E-state index in [4.69, 9.17) is 19.0 Å². The standard InChI is InChI=1S/C12H11N3O8/c1-21-8-3-6(7(15(19)20)4-9(8)22-2)11-13-14(5-10(16)17)12(18)23-11/h3-4H,5H2,1-2H3,(H,16,17). The van der Waals surface area contributed by atoms with Crippen molar-refractivity contribution in [2.24, 2.45) is 0 Å². The van der Waals surface area contributed by atoms with Gasteiger partial charge in [0.25, 0.3) is 11.6 Å². The number of carboxylic acids is 1. The van der Waals surface area contributed by atoms with Crippen LogP contribution in [0.4, 0.5) is 5.69 Å². The maximum absolute atomic E-state index is 11.6. The summed E-state index contributed by atoms with van der Waals surface area (Å²) in [6.07, 6.45) is 0. The van der Waals surface area contributed by atoms with Gasteiger partial charge in [0.1, 0.15) is 12.1 Å². The molecule has 0 bridgehead atoms. The van der Waals surface area contributed by atoms with Crippen molar-refractivity contribution in [3.05, 3.63) is 32.8 Å². The number of nitro groups is 1. The number of benzene rings is 1. The number of rotatable bonds is 6. The lowest BCUT2D eigenvalue weighted by Crippen LogP contribution is -2.20. The van der Waals surface area contributed by atoms with Crippen molar-refractivity contribution in [2.75, 3.05) is 14.2 Å². The second-order valence-electron chi connectivity index (χ2n) is 4.21. The summed E-state index contributed by atoms with van der Waals surface area (Å²) in [5, 5.41) is 23.5. The smallest absolute Gasteiger partial charge is 0.437 e. The summed E-state index contributed by atoms with van der Waals surface area (Å²) in [6, 6.07) is 2.30. The number of carbonyl (C=O) groups is 1. The van der Waals surface area contributed by atoms with Crippen molar-refractivity contribution in [3.8, 4) is 23.0 Å². The molecule has 2 rings (SSSR count). The van der Waals surface area contributed by atoms with Gasteiger partial charge in [-0.3, -0.25) is 14.9 Å². The van der Waals surface area contributed by atoms with Crippen molar-refractivity contribution >= 4 is 11.7 Å². The van der Waals surface area contributed by atoms with Crippen LogP contribution in [0.15, 0.2) is 21.3 Å². The van der Waals surface area contributed by atoms with E-state index in [-0.39, 0.29) is 17.1 Å². The molecule has 122 valence electrons. The lowest BCUT2D eigenvalue weighted by molar-refractivity contribution is -0.384. The van der Waals surface area contributed by atoms with Crippen LogP contribution in [0.25, 0.3) is 11.5 Å². The monoisotopic (exact) mass is 325 g/mol. The van der Waals surface area contributed by atoms with Crippen LogP contribution in [-0.2, 0) is 11.3 Å². The average molecular weight is 325 g/mol. The molecule has 0 unspecified atom stereocenters. The Hall–Kier alpha value is -3.37. The Morgan fingerprint density at radius 2 is 2.00 bits per heavy atom. The van der Waals surface area contributed by atoms with E-state index in [0.29, 0.717) is 4.68 Å². The normalized spacial score (nSPS) is 10.3. The second-order valence-corrected chi connectivity index (χ2v) is 4.21. The van der Waals surface area contributed by atoms with Crippen LogP contribution in [0.3, 0.4) is 0 Å². The summed E-state index contributed by atoms with van der Waals surface area (Å²) in [6.45, 7) is -0.733. The predicted octanol–water partition coefficient (Wildman–Crippen LogP) is 0.513. The molecule has 0 saturated carbocycles. The zero-order valence-corrected chi connectivity index (χ0v) is 12.0. The quantitative estimate of drug-likeness (QED) is 0.592. The summed E-state index contributed by atoms with van der Waals surface area (Å²) < 4.78 is 15.4. The molecule has 0 spiro atoms. The van der Waals surface area contributed by atoms with Gasteiger partial charge in [-0.25, -0.2) is 4.79 Å². The Bertz CT molecular complexity index is 822. The third-order valence-electron chi connectivity index (χ3n) is 2.82. The zero-order valence-electron chi connectivity index (χ0n) is 12.0. The van der Waals surface area contributed by atoms with Gasteiger partial charge in [0, 0.05) is 6.07 Å². The molecule has 0 radical (unpaired) electrons. The van der Waals surface area contributed by atoms with E-state index in [1.54, 1.807) is 0 Å². The van der Waals surface area contributed by atoms with Gasteiger partial charge in [0.2, 0.25) is 0 Å². The fourth-order valence-electron chi connectivity index (χ4n) is 1.83. The van der Waals surface area contributed by atoms with E-state index in [2.05, 4.69) is 5.10 Å². The zero-order chi connectivity index (χ0) is 17.1. The first kappa shape index (κ1) is 16.0. The minimum Gasteiger partial charge on any atom is -0.493 e. The number of hydrogen-bond acceptors (Lipinski definition) is 8. The summed E-state index contributed by atoms with van der Waals surface area (Å²) in [4.78, 5) is 32.7. The molecule has 23 heavy (non-hydrogen) atoms. The molecule has 1 N–H and O–H groups in total. The third kappa shape index (κ3) is 3.12. The first-order valence-corrected chi connectivity index (χ1v) is 6.08. The van der Waals surface area contributed by atoms with Crippen LogP contribution in [0.5, 0.6) is 11.5 Å². The number of nitrogens with zero attached hydrogens (tertiary/aromatic N) is 3. The molecule has 1 aromatic heterocycles. The highest BCUT2D eigenvalue weighted by Crippen LogP contribution is 2.38. The Labute approximate surface area is 127 Å². The summed E-state index contributed by atoms with van der Waals surface area (Å²) >= 11 is 0. The minimum absolute atomic E-state index is 0.107. The number of methoxy groups -OCH3 is 2. The highest BCUT2D eigenvalue weighted by atomic mass is 16.6. The van der Waals surface area contributed by atoms with Crippen molar-refractivity contribution in [1.29, 1.82) is 0 Å². The van der Waals surface area contributed by atoms with E-state index >= 15 is 0 Å². The van der Waals surface area contributed by atoms with Gasteiger partial charge in [0.05, 0.1) is 25.2 Å². The summed E-state index contributed by atoms with van der Waals surface area (Å²) in [5.74, 6) is -2.50. The van der Waals surface area contributed by atoms with Crippen molar-refractivity contribution in [1.82, 2.24) is 9.78 Å². The third-order valence-corrected chi connectivity index (χ3v) is 2.82. The largest absolute Gasteiger partial charge is 0.493 e. The highest BCUT2D eigenvalue weighted by Gasteiger charge is 2.25. The Morgan fingerprint density at radius 3 is 2.52 bits per heavy atom. The molecular formula is C12H11N3O8. The number of aromatic nitrogens is 2. The van der Waals surface area contributed by atoms with Gasteiger partial charge >= 0.3 is 11.7 Å². The molecule has 11 nitrogen and oxygen atoms in total. The van der Waals surface area contributed by atoms with Gasteiger partial charge in [-0.1, -0.05) is 0 Å². The topological polar surface area (TPSA) is 147 Å². The molecular weight excluding hydrogens is 314 g/mol. The predicted molar refractivity (Wildman–Crippen MR) is 73.6 cm³/mol. The molecule has 0 aliphatic carbocycles. The second kappa shape index (κ2) is 6.17. The van der Waals surface area contributed by atoms with Gasteiger partial charge in [0.15, 0.2) is 11.5 Å². The van der Waals surface area contributed by atoms with Gasteiger partial charge in [-0.15, -0.1) is 5.10 Å². The Morgan fingerprint density at radius 1 is 1.39 bits per heavy atom. The van der Waals surface area contributed by atoms with E-state index in [9.17, 15) is 19.7 Å². The molecule has 0 amide bonds. The lowest BCUT2D eigenvalue weighted by atomic mass is 10.1. The van der Waals surface area contributed by atoms with Gasteiger partial charge in [-0.05, 0) is 0 Å². The summed E-state index contributed by atoms with van der Waals surface area (Å²) in [5.41, 5.74) is -0.583.